The average Bonchev–Trinajstić information content (AvgIpc) is 3.82. The van der Waals surface area contributed by atoms with Gasteiger partial charge in [-0.05, 0) is 34.6 Å². The summed E-state index contributed by atoms with van der Waals surface area (Å²) in [5.74, 6) is -0.908. The van der Waals surface area contributed by atoms with Crippen molar-refractivity contribution in [3.8, 4) is 17.3 Å². The minimum atomic E-state index is -1.35. The van der Waals surface area contributed by atoms with E-state index in [2.05, 4.69) is 20.9 Å². The summed E-state index contributed by atoms with van der Waals surface area (Å²) >= 11 is 0. The molecule has 4 aromatic rings. The number of benzene rings is 2. The van der Waals surface area contributed by atoms with E-state index < -0.39 is 53.0 Å². The maximum Gasteiger partial charge on any atom is 0.360 e. The van der Waals surface area contributed by atoms with Crippen molar-refractivity contribution in [2.24, 2.45) is 11.3 Å². The Bertz CT molecular complexity index is 1940. The molecular weight excluding hydrogens is 618 g/mol. The predicted octanol–water partition coefficient (Wildman–Crippen LogP) is 3.86. The smallest absolute Gasteiger partial charge is 0.360 e. The van der Waals surface area contributed by atoms with Crippen molar-refractivity contribution in [1.29, 1.82) is 0 Å². The molecule has 5 atom stereocenters. The molecule has 0 saturated carbocycles. The molecule has 13 heteroatoms. The number of carbonyl (C=O) groups excluding carboxylic acids is 3. The highest BCUT2D eigenvalue weighted by atomic mass is 16.5. The first-order valence-electron chi connectivity index (χ1n) is 15.8. The number of methoxy groups -OCH3 is 1. The lowest BCUT2D eigenvalue weighted by Crippen LogP contribution is -2.53. The van der Waals surface area contributed by atoms with E-state index in [0.717, 1.165) is 22.4 Å². The largest absolute Gasteiger partial charge is 0.469 e. The molecule has 5 heterocycles. The van der Waals surface area contributed by atoms with Crippen LogP contribution in [0, 0.1) is 11.3 Å². The highest BCUT2D eigenvalue weighted by Crippen LogP contribution is 2.59. The van der Waals surface area contributed by atoms with Crippen molar-refractivity contribution >= 4 is 23.5 Å². The predicted molar refractivity (Wildman–Crippen MR) is 171 cm³/mol. The third kappa shape index (κ3) is 4.83. The van der Waals surface area contributed by atoms with Crippen molar-refractivity contribution < 1.29 is 37.8 Å². The van der Waals surface area contributed by atoms with Gasteiger partial charge in [-0.2, -0.15) is 0 Å². The molecule has 0 aliphatic carbocycles. The number of oxazole rings is 2. The molecule has 250 valence electrons. The zero-order valence-corrected chi connectivity index (χ0v) is 27.4. The first-order valence-corrected chi connectivity index (χ1v) is 15.8. The Labute approximate surface area is 276 Å². The molecule has 2 aromatic carbocycles. The van der Waals surface area contributed by atoms with Gasteiger partial charge in [0.2, 0.25) is 23.6 Å². The van der Waals surface area contributed by atoms with Crippen LogP contribution in [0.25, 0.3) is 11.6 Å². The lowest BCUT2D eigenvalue weighted by atomic mass is 9.72. The number of amides is 2. The number of hydrogen-bond acceptors (Lipinski definition) is 11. The molecule has 4 bridgehead atoms. The van der Waals surface area contributed by atoms with Gasteiger partial charge < -0.3 is 39.4 Å². The van der Waals surface area contributed by atoms with Crippen molar-refractivity contribution in [2.45, 2.75) is 70.9 Å². The molecule has 48 heavy (non-hydrogen) atoms. The lowest BCUT2D eigenvalue weighted by Gasteiger charge is -2.30. The number of fused-ring (bicyclic) bond motifs is 4. The summed E-state index contributed by atoms with van der Waals surface area (Å²) in [6, 6.07) is 11.6. The standard InChI is InChI=1S/C35H37N5O8/c1-16(2)24-31-40-25(30-37-22(15-46-30)32(44)45-6)27(48-31)35-18-9-7-8-10-20(18)38-33(35)47-23-12-11-17(13-19(23)35)14-21(28(42)39-24)36-29(43)26(41)34(3,4)5/h7-13,15-16,21,24,26,33,38,41H,14H2,1-6H3,(H,36,43)(H,39,42)/t21-,24-,26+,33-,35?/m0/s1. The van der Waals surface area contributed by atoms with Crippen LogP contribution in [0.3, 0.4) is 0 Å². The zero-order valence-electron chi connectivity index (χ0n) is 27.4. The summed E-state index contributed by atoms with van der Waals surface area (Å²) in [5, 5.41) is 20.1. The summed E-state index contributed by atoms with van der Waals surface area (Å²) in [5.41, 5.74) is 1.49. The number of aliphatic hydroxyl groups is 1. The minimum absolute atomic E-state index is 0.0209. The van der Waals surface area contributed by atoms with Crippen LogP contribution in [0.4, 0.5) is 5.69 Å². The number of rotatable bonds is 5. The maximum atomic E-state index is 14.0. The van der Waals surface area contributed by atoms with E-state index in [-0.39, 0.29) is 35.5 Å². The summed E-state index contributed by atoms with van der Waals surface area (Å²) in [7, 11) is 1.25. The number of carbonyl (C=O) groups is 3. The van der Waals surface area contributed by atoms with E-state index in [1.54, 1.807) is 20.8 Å². The molecule has 0 radical (unpaired) electrons. The van der Waals surface area contributed by atoms with Crippen molar-refractivity contribution in [3.05, 3.63) is 82.8 Å². The van der Waals surface area contributed by atoms with Gasteiger partial charge in [0.1, 0.15) is 35.6 Å². The quantitative estimate of drug-likeness (QED) is 0.230. The third-order valence-corrected chi connectivity index (χ3v) is 9.22. The van der Waals surface area contributed by atoms with Crippen molar-refractivity contribution in [3.63, 3.8) is 0 Å². The van der Waals surface area contributed by atoms with Gasteiger partial charge in [0.25, 0.3) is 0 Å². The minimum Gasteiger partial charge on any atom is -0.469 e. The van der Waals surface area contributed by atoms with E-state index >= 15 is 0 Å². The monoisotopic (exact) mass is 655 g/mol. The number of nitrogens with one attached hydrogen (secondary N) is 3. The van der Waals surface area contributed by atoms with Gasteiger partial charge in [-0.15, -0.1) is 0 Å². The Morgan fingerprint density at radius 3 is 2.60 bits per heavy atom. The van der Waals surface area contributed by atoms with Gasteiger partial charge in [0.05, 0.1) is 7.11 Å². The lowest BCUT2D eigenvalue weighted by molar-refractivity contribution is -0.138. The molecule has 1 unspecified atom stereocenters. The molecule has 3 aliphatic rings. The molecule has 7 rings (SSSR count). The second-order valence-corrected chi connectivity index (χ2v) is 13.8. The van der Waals surface area contributed by atoms with Gasteiger partial charge >= 0.3 is 5.97 Å². The van der Waals surface area contributed by atoms with Crippen LogP contribution >= 0.6 is 0 Å². The molecule has 4 N–H and O–H groups in total. The summed E-state index contributed by atoms with van der Waals surface area (Å²) in [4.78, 5) is 48.9. The molecule has 13 nitrogen and oxygen atoms in total. The Morgan fingerprint density at radius 1 is 1.10 bits per heavy atom. The molecule has 0 fully saturated rings. The first kappa shape index (κ1) is 31.4. The van der Waals surface area contributed by atoms with Crippen molar-refractivity contribution in [1.82, 2.24) is 20.6 Å². The van der Waals surface area contributed by atoms with Gasteiger partial charge in [-0.25, -0.2) is 14.8 Å². The second-order valence-electron chi connectivity index (χ2n) is 13.8. The van der Waals surface area contributed by atoms with Crippen molar-refractivity contribution in [2.75, 3.05) is 12.4 Å². The van der Waals surface area contributed by atoms with Gasteiger partial charge in [0.15, 0.2) is 23.4 Å². The number of ether oxygens (including phenoxy) is 2. The van der Waals surface area contributed by atoms with E-state index in [0.29, 0.717) is 11.5 Å². The number of para-hydroxylation sites is 1. The van der Waals surface area contributed by atoms with Crippen LogP contribution in [-0.2, 0) is 26.2 Å². The summed E-state index contributed by atoms with van der Waals surface area (Å²) < 4.78 is 24.0. The van der Waals surface area contributed by atoms with Gasteiger partial charge in [0, 0.05) is 17.7 Å². The third-order valence-electron chi connectivity index (χ3n) is 9.22. The fourth-order valence-electron chi connectivity index (χ4n) is 6.67. The summed E-state index contributed by atoms with van der Waals surface area (Å²) in [6.07, 6.45) is -0.688. The van der Waals surface area contributed by atoms with Crippen LogP contribution in [0.15, 0.2) is 57.6 Å². The molecule has 3 aliphatic heterocycles. The average molecular weight is 656 g/mol. The number of aliphatic hydroxyl groups excluding tert-OH is 1. The zero-order chi connectivity index (χ0) is 34.1. The van der Waals surface area contributed by atoms with E-state index in [1.165, 1.54) is 13.4 Å². The fourth-order valence-corrected chi connectivity index (χ4v) is 6.67. The number of anilines is 1. The number of aromatic nitrogens is 2. The SMILES string of the molecule is COC(=O)c1coc(-c2nc3oc2C24c5ccccc5N[C@H]2Oc2ccc(cc24)C[C@H](NC(=O)[C@@H](O)C(C)(C)C)C(=O)N[C@H]3C(C)C)n1. The number of nitrogens with zero attached hydrogens (tertiary/aromatic N) is 2. The molecule has 0 saturated heterocycles. The van der Waals surface area contributed by atoms with E-state index in [1.807, 2.05) is 56.3 Å². The Morgan fingerprint density at radius 2 is 1.88 bits per heavy atom. The van der Waals surface area contributed by atoms with E-state index in [9.17, 15) is 19.5 Å². The second kappa shape index (κ2) is 11.2. The molecule has 1 spiro atoms. The molecule has 2 aromatic heterocycles. The van der Waals surface area contributed by atoms with Gasteiger partial charge in [-0.3, -0.25) is 9.59 Å². The van der Waals surface area contributed by atoms with Crippen LogP contribution in [0.1, 0.15) is 79.5 Å². The first-order chi connectivity index (χ1) is 22.8. The topological polar surface area (TPSA) is 178 Å². The van der Waals surface area contributed by atoms with Crippen LogP contribution in [-0.4, -0.2) is 58.3 Å². The highest BCUT2D eigenvalue weighted by Gasteiger charge is 2.61. The summed E-state index contributed by atoms with van der Waals surface area (Å²) in [6.45, 7) is 9.05. The van der Waals surface area contributed by atoms with Crippen LogP contribution in [0.5, 0.6) is 5.75 Å². The fraction of sp³-hybridized carbons (Fsp3) is 0.400. The Balaban J connectivity index is 1.47. The van der Waals surface area contributed by atoms with Crippen LogP contribution in [0.2, 0.25) is 0 Å². The molecular formula is C35H37N5O8. The molecule has 2 amide bonds. The maximum absolute atomic E-state index is 14.0. The normalized spacial score (nSPS) is 23.1. The highest BCUT2D eigenvalue weighted by molar-refractivity contribution is 5.90. The Kier molecular flexibility index (Phi) is 7.35. The number of esters is 1. The van der Waals surface area contributed by atoms with Crippen LogP contribution < -0.4 is 20.7 Å². The number of hydrogen-bond donors (Lipinski definition) is 4. The van der Waals surface area contributed by atoms with Gasteiger partial charge in [-0.1, -0.05) is 65.0 Å². The van der Waals surface area contributed by atoms with E-state index in [4.69, 9.17) is 23.3 Å². The Hall–Kier alpha value is -5.17.